The number of aliphatic carboxylic acids is 1. The number of carbonyl (C=O) groups is 1. The molecule has 0 bridgehead atoms. The largest absolute Gasteiger partial charge is 0.481 e. The number of imidazole rings is 1. The first kappa shape index (κ1) is 12.4. The molecule has 0 aliphatic rings. The first-order chi connectivity index (χ1) is 7.08. The van der Waals surface area contributed by atoms with E-state index in [1.54, 1.807) is 6.92 Å². The van der Waals surface area contributed by atoms with Gasteiger partial charge in [-0.15, -0.1) is 12.4 Å². The molecule has 0 spiro atoms. The van der Waals surface area contributed by atoms with E-state index in [9.17, 15) is 9.18 Å². The van der Waals surface area contributed by atoms with E-state index in [4.69, 9.17) is 5.11 Å². The minimum atomic E-state index is -0.954. The van der Waals surface area contributed by atoms with Gasteiger partial charge in [0.05, 0.1) is 17.8 Å². The summed E-state index contributed by atoms with van der Waals surface area (Å²) in [5.41, 5.74) is 1.69. The van der Waals surface area contributed by atoms with Crippen molar-refractivity contribution in [1.29, 1.82) is 0 Å². The Hall–Kier alpha value is -1.62. The maximum absolute atomic E-state index is 13.0. The number of rotatable bonds is 2. The van der Waals surface area contributed by atoms with Crippen LogP contribution >= 0.6 is 12.4 Å². The third-order valence-electron chi connectivity index (χ3n) is 2.20. The summed E-state index contributed by atoms with van der Waals surface area (Å²) >= 11 is 0. The van der Waals surface area contributed by atoms with Crippen LogP contribution in [0.5, 0.6) is 0 Å². The molecule has 0 radical (unpaired) electrons. The second kappa shape index (κ2) is 4.49. The van der Waals surface area contributed by atoms with Gasteiger partial charge in [-0.3, -0.25) is 4.79 Å². The average Bonchev–Trinajstić information content (AvgIpc) is 2.43. The van der Waals surface area contributed by atoms with Gasteiger partial charge >= 0.3 is 5.97 Å². The summed E-state index contributed by atoms with van der Waals surface area (Å²) in [4.78, 5) is 14.8. The zero-order chi connectivity index (χ0) is 11.0. The Morgan fingerprint density at radius 2 is 2.25 bits per heavy atom. The van der Waals surface area contributed by atoms with Crippen molar-refractivity contribution in [2.45, 2.75) is 13.3 Å². The summed E-state index contributed by atoms with van der Waals surface area (Å²) in [7, 11) is 0. The molecule has 0 amide bonds. The SMILES string of the molecule is Cc1nc2ccc(F)cn2c1CC(=O)O.Cl. The fourth-order valence-corrected chi connectivity index (χ4v) is 1.54. The maximum Gasteiger partial charge on any atom is 0.309 e. The Morgan fingerprint density at radius 3 is 2.88 bits per heavy atom. The number of nitrogens with zero attached hydrogens (tertiary/aromatic N) is 2. The van der Waals surface area contributed by atoms with Crippen LogP contribution < -0.4 is 0 Å². The van der Waals surface area contributed by atoms with Gasteiger partial charge in [0.15, 0.2) is 0 Å². The number of hydrogen-bond acceptors (Lipinski definition) is 2. The number of aryl methyl sites for hydroxylation is 1. The smallest absolute Gasteiger partial charge is 0.309 e. The molecule has 0 unspecified atom stereocenters. The van der Waals surface area contributed by atoms with Crippen molar-refractivity contribution in [2.75, 3.05) is 0 Å². The van der Waals surface area contributed by atoms with Gasteiger partial charge in [0, 0.05) is 6.20 Å². The zero-order valence-corrected chi connectivity index (χ0v) is 9.29. The highest BCUT2D eigenvalue weighted by molar-refractivity contribution is 5.85. The van der Waals surface area contributed by atoms with Gasteiger partial charge in [0.1, 0.15) is 11.5 Å². The van der Waals surface area contributed by atoms with Crippen LogP contribution in [-0.4, -0.2) is 20.5 Å². The molecule has 0 atom stereocenters. The quantitative estimate of drug-likeness (QED) is 0.877. The number of aromatic nitrogens is 2. The zero-order valence-electron chi connectivity index (χ0n) is 8.48. The molecule has 6 heteroatoms. The number of carboxylic acids is 1. The molecule has 86 valence electrons. The minimum Gasteiger partial charge on any atom is -0.481 e. The monoisotopic (exact) mass is 244 g/mol. The van der Waals surface area contributed by atoms with Crippen molar-refractivity contribution in [3.05, 3.63) is 35.5 Å². The molecule has 0 saturated carbocycles. The van der Waals surface area contributed by atoms with Crippen LogP contribution in [0.15, 0.2) is 18.3 Å². The average molecular weight is 245 g/mol. The summed E-state index contributed by atoms with van der Waals surface area (Å²) in [5, 5.41) is 8.70. The van der Waals surface area contributed by atoms with Gasteiger partial charge in [-0.2, -0.15) is 0 Å². The minimum absolute atomic E-state index is 0. The molecular weight excluding hydrogens is 235 g/mol. The van der Waals surface area contributed by atoms with Crippen molar-refractivity contribution in [2.24, 2.45) is 0 Å². The van der Waals surface area contributed by atoms with E-state index >= 15 is 0 Å². The lowest BCUT2D eigenvalue weighted by Gasteiger charge is -1.99. The lowest BCUT2D eigenvalue weighted by atomic mass is 10.2. The van der Waals surface area contributed by atoms with Crippen molar-refractivity contribution in [1.82, 2.24) is 9.38 Å². The van der Waals surface area contributed by atoms with Gasteiger partial charge in [0.25, 0.3) is 0 Å². The number of halogens is 2. The van der Waals surface area contributed by atoms with E-state index in [0.29, 0.717) is 17.0 Å². The topological polar surface area (TPSA) is 54.6 Å². The lowest BCUT2D eigenvalue weighted by molar-refractivity contribution is -0.136. The summed E-state index contributed by atoms with van der Waals surface area (Å²) in [5.74, 6) is -1.37. The third kappa shape index (κ3) is 2.14. The predicted octanol–water partition coefficient (Wildman–Crippen LogP) is 1.83. The Labute approximate surface area is 97.1 Å². The summed E-state index contributed by atoms with van der Waals surface area (Å²) in [6, 6.07) is 2.82. The van der Waals surface area contributed by atoms with E-state index < -0.39 is 11.8 Å². The van der Waals surface area contributed by atoms with Crippen LogP contribution in [-0.2, 0) is 11.2 Å². The number of fused-ring (bicyclic) bond motifs is 1. The lowest BCUT2D eigenvalue weighted by Crippen LogP contribution is -2.04. The normalized spacial score (nSPS) is 10.1. The van der Waals surface area contributed by atoms with Gasteiger partial charge in [-0.05, 0) is 19.1 Å². The molecular formula is C10H10ClFN2O2. The molecule has 4 nitrogen and oxygen atoms in total. The molecule has 2 aromatic heterocycles. The molecule has 2 aromatic rings. The third-order valence-corrected chi connectivity index (χ3v) is 2.20. The number of hydrogen-bond donors (Lipinski definition) is 1. The van der Waals surface area contributed by atoms with Gasteiger partial charge in [-0.25, -0.2) is 9.37 Å². The molecule has 0 aliphatic heterocycles. The second-order valence-electron chi connectivity index (χ2n) is 3.29. The molecule has 0 aromatic carbocycles. The Morgan fingerprint density at radius 1 is 1.56 bits per heavy atom. The summed E-state index contributed by atoms with van der Waals surface area (Å²) in [6.45, 7) is 1.71. The van der Waals surface area contributed by atoms with Crippen LogP contribution in [0.1, 0.15) is 11.4 Å². The van der Waals surface area contributed by atoms with Crippen LogP contribution in [0.4, 0.5) is 4.39 Å². The highest BCUT2D eigenvalue weighted by Crippen LogP contribution is 2.13. The van der Waals surface area contributed by atoms with Crippen LogP contribution in [0.2, 0.25) is 0 Å². The van der Waals surface area contributed by atoms with E-state index in [1.807, 2.05) is 0 Å². The van der Waals surface area contributed by atoms with E-state index in [1.165, 1.54) is 22.7 Å². The van der Waals surface area contributed by atoms with Crippen molar-refractivity contribution in [3.8, 4) is 0 Å². The number of pyridine rings is 1. The molecule has 2 heterocycles. The van der Waals surface area contributed by atoms with E-state index in [0.717, 1.165) is 0 Å². The molecule has 0 saturated heterocycles. The highest BCUT2D eigenvalue weighted by Gasteiger charge is 2.12. The second-order valence-corrected chi connectivity index (χ2v) is 3.29. The summed E-state index contributed by atoms with van der Waals surface area (Å²) < 4.78 is 14.4. The fraction of sp³-hybridized carbons (Fsp3) is 0.200. The van der Waals surface area contributed by atoms with Crippen molar-refractivity contribution in [3.63, 3.8) is 0 Å². The Bertz CT molecular complexity index is 539. The van der Waals surface area contributed by atoms with Crippen LogP contribution in [0.25, 0.3) is 5.65 Å². The summed E-state index contributed by atoms with van der Waals surface area (Å²) in [6.07, 6.45) is 1.09. The van der Waals surface area contributed by atoms with Gasteiger partial charge < -0.3 is 9.51 Å². The van der Waals surface area contributed by atoms with E-state index in [2.05, 4.69) is 4.98 Å². The predicted molar refractivity (Wildman–Crippen MR) is 58.5 cm³/mol. The van der Waals surface area contributed by atoms with Crippen molar-refractivity contribution >= 4 is 24.0 Å². The van der Waals surface area contributed by atoms with E-state index in [-0.39, 0.29) is 18.8 Å². The maximum atomic E-state index is 13.0. The molecule has 2 rings (SSSR count). The highest BCUT2D eigenvalue weighted by atomic mass is 35.5. The molecule has 16 heavy (non-hydrogen) atoms. The standard InChI is InChI=1S/C10H9FN2O2.ClH/c1-6-8(4-10(14)15)13-5-7(11)2-3-9(13)12-6;/h2-3,5H,4H2,1H3,(H,14,15);1H. The van der Waals surface area contributed by atoms with Gasteiger partial charge in [-0.1, -0.05) is 0 Å². The first-order valence-electron chi connectivity index (χ1n) is 4.43. The van der Waals surface area contributed by atoms with Crippen LogP contribution in [0, 0.1) is 12.7 Å². The fourth-order valence-electron chi connectivity index (χ4n) is 1.54. The Kier molecular flexibility index (Phi) is 3.49. The van der Waals surface area contributed by atoms with Crippen molar-refractivity contribution < 1.29 is 14.3 Å². The molecule has 0 aliphatic carbocycles. The molecule has 0 fully saturated rings. The van der Waals surface area contributed by atoms with Gasteiger partial charge in [0.2, 0.25) is 0 Å². The Balaban J connectivity index is 0.00000128. The first-order valence-corrected chi connectivity index (χ1v) is 4.43. The van der Waals surface area contributed by atoms with Crippen LogP contribution in [0.3, 0.4) is 0 Å². The number of carboxylic acid groups (broad SMARTS) is 1. The molecule has 1 N–H and O–H groups in total.